The molecule has 0 aliphatic rings. The van der Waals surface area contributed by atoms with Crippen molar-refractivity contribution >= 4 is 39.6 Å². The maximum atomic E-state index is 12.4. The number of carbonyl (C=O) groups is 2. The number of halogens is 1. The third kappa shape index (κ3) is 6.11. The van der Waals surface area contributed by atoms with Gasteiger partial charge in [-0.3, -0.25) is 19.7 Å². The lowest BCUT2D eigenvalue weighted by Crippen LogP contribution is -2.48. The molecule has 0 heterocycles. The number of hydrogen-bond acceptors (Lipinski definition) is 6. The van der Waals surface area contributed by atoms with E-state index in [4.69, 9.17) is 0 Å². The van der Waals surface area contributed by atoms with Gasteiger partial charge in [0.25, 0.3) is 17.5 Å². The number of carbonyl (C=O) groups excluding carboxylic acids is 2. The molecule has 0 fully saturated rings. The van der Waals surface area contributed by atoms with Crippen LogP contribution in [0.1, 0.15) is 29.8 Å². The molecule has 0 bridgehead atoms. The molecule has 9 nitrogen and oxygen atoms in total. The minimum absolute atomic E-state index is 0.0690. The van der Waals surface area contributed by atoms with Gasteiger partial charge in [-0.1, -0.05) is 29.8 Å². The zero-order valence-electron chi connectivity index (χ0n) is 15.6. The summed E-state index contributed by atoms with van der Waals surface area (Å²) in [6, 6.07) is 9.26. The average molecular weight is 463 g/mol. The molecule has 0 radical (unpaired) electrons. The number of amides is 2. The van der Waals surface area contributed by atoms with Gasteiger partial charge in [0, 0.05) is 27.7 Å². The molecule has 0 saturated heterocycles. The van der Waals surface area contributed by atoms with Crippen molar-refractivity contribution in [2.24, 2.45) is 11.0 Å². The van der Waals surface area contributed by atoms with Gasteiger partial charge in [-0.05, 0) is 36.2 Å². The van der Waals surface area contributed by atoms with E-state index >= 15 is 0 Å². The summed E-state index contributed by atoms with van der Waals surface area (Å²) in [6.07, 6.45) is 1.09. The highest BCUT2D eigenvalue weighted by molar-refractivity contribution is 9.10. The number of nitrogens with one attached hydrogen (secondary N) is 2. The van der Waals surface area contributed by atoms with Gasteiger partial charge in [0.05, 0.1) is 11.1 Å². The summed E-state index contributed by atoms with van der Waals surface area (Å²) >= 11 is 3.29. The van der Waals surface area contributed by atoms with Crippen LogP contribution in [0, 0.1) is 16.0 Å². The van der Waals surface area contributed by atoms with E-state index < -0.39 is 22.8 Å². The maximum Gasteiger partial charge on any atom is 0.270 e. The van der Waals surface area contributed by atoms with Gasteiger partial charge in [0.1, 0.15) is 11.8 Å². The van der Waals surface area contributed by atoms with Gasteiger partial charge in [-0.25, -0.2) is 5.43 Å². The standard InChI is InChI=1S/C19H19BrN4O5/c1-11(2)17(22-18(26)12-3-5-14(20)6-4-12)19(27)23-21-10-13-9-15(24(28)29)7-8-16(13)25/h3-11,17,25H,1-2H3,(H,22,26)(H,23,27)/b21-10+/t17-/m0/s1. The number of aromatic hydroxyl groups is 1. The molecule has 2 aromatic carbocycles. The molecule has 0 saturated carbocycles. The number of nitrogens with zero attached hydrogens (tertiary/aromatic N) is 2. The summed E-state index contributed by atoms with van der Waals surface area (Å²) in [6.45, 7) is 3.53. The molecule has 0 aromatic heterocycles. The summed E-state index contributed by atoms with van der Waals surface area (Å²) < 4.78 is 0.825. The number of hydrazone groups is 1. The Morgan fingerprint density at radius 2 is 1.86 bits per heavy atom. The topological polar surface area (TPSA) is 134 Å². The Morgan fingerprint density at radius 1 is 1.21 bits per heavy atom. The number of nitro benzene ring substituents is 1. The zero-order chi connectivity index (χ0) is 21.6. The molecule has 0 unspecified atom stereocenters. The van der Waals surface area contributed by atoms with Crippen molar-refractivity contribution in [3.63, 3.8) is 0 Å². The van der Waals surface area contributed by atoms with E-state index in [0.29, 0.717) is 5.56 Å². The second-order valence-electron chi connectivity index (χ2n) is 6.44. The number of phenols is 1. The summed E-state index contributed by atoms with van der Waals surface area (Å²) in [5, 5.41) is 27.0. The monoisotopic (exact) mass is 462 g/mol. The first-order valence-corrected chi connectivity index (χ1v) is 9.35. The van der Waals surface area contributed by atoms with Crippen molar-refractivity contribution in [1.82, 2.24) is 10.7 Å². The largest absolute Gasteiger partial charge is 0.507 e. The van der Waals surface area contributed by atoms with E-state index in [9.17, 15) is 24.8 Å². The van der Waals surface area contributed by atoms with Crippen LogP contribution >= 0.6 is 15.9 Å². The van der Waals surface area contributed by atoms with Crippen LogP contribution in [0.5, 0.6) is 5.75 Å². The van der Waals surface area contributed by atoms with Crippen molar-refractivity contribution < 1.29 is 19.6 Å². The quantitative estimate of drug-likeness (QED) is 0.330. The molecule has 152 valence electrons. The highest BCUT2D eigenvalue weighted by atomic mass is 79.9. The van der Waals surface area contributed by atoms with Gasteiger partial charge in [0.2, 0.25) is 0 Å². The van der Waals surface area contributed by atoms with Crippen molar-refractivity contribution in [2.75, 3.05) is 0 Å². The summed E-state index contributed by atoms with van der Waals surface area (Å²) in [5.41, 5.74) is 2.53. The van der Waals surface area contributed by atoms with E-state index in [1.54, 1.807) is 38.1 Å². The molecule has 0 spiro atoms. The van der Waals surface area contributed by atoms with Crippen LogP contribution in [0.3, 0.4) is 0 Å². The number of hydrogen-bond donors (Lipinski definition) is 3. The average Bonchev–Trinajstić information content (AvgIpc) is 2.67. The van der Waals surface area contributed by atoms with E-state index in [1.807, 2.05) is 0 Å². The van der Waals surface area contributed by atoms with Crippen LogP contribution < -0.4 is 10.7 Å². The van der Waals surface area contributed by atoms with Gasteiger partial charge in [-0.15, -0.1) is 0 Å². The van der Waals surface area contributed by atoms with Gasteiger partial charge in [0.15, 0.2) is 0 Å². The lowest BCUT2D eigenvalue weighted by atomic mass is 10.0. The normalized spacial score (nSPS) is 12.0. The lowest BCUT2D eigenvalue weighted by Gasteiger charge is -2.20. The second kappa shape index (κ2) is 9.78. The molecule has 10 heteroatoms. The van der Waals surface area contributed by atoms with E-state index in [0.717, 1.165) is 28.9 Å². The van der Waals surface area contributed by atoms with E-state index in [1.165, 1.54) is 0 Å². The summed E-state index contributed by atoms with van der Waals surface area (Å²) in [5.74, 6) is -1.42. The predicted molar refractivity (Wildman–Crippen MR) is 111 cm³/mol. The highest BCUT2D eigenvalue weighted by Crippen LogP contribution is 2.21. The van der Waals surface area contributed by atoms with Crippen LogP contribution in [0.15, 0.2) is 52.0 Å². The highest BCUT2D eigenvalue weighted by Gasteiger charge is 2.24. The molecule has 2 amide bonds. The van der Waals surface area contributed by atoms with Crippen LogP contribution in [0.25, 0.3) is 0 Å². The number of nitro groups is 1. The Morgan fingerprint density at radius 3 is 2.45 bits per heavy atom. The summed E-state index contributed by atoms with van der Waals surface area (Å²) in [4.78, 5) is 35.0. The molecule has 0 aliphatic carbocycles. The molecule has 3 N–H and O–H groups in total. The van der Waals surface area contributed by atoms with Crippen LogP contribution in [0.4, 0.5) is 5.69 Å². The number of non-ortho nitro benzene ring substituents is 1. The molecule has 1 atom stereocenters. The first-order valence-electron chi connectivity index (χ1n) is 8.55. The third-order valence-electron chi connectivity index (χ3n) is 3.94. The first kappa shape index (κ1) is 22.0. The zero-order valence-corrected chi connectivity index (χ0v) is 17.2. The van der Waals surface area contributed by atoms with Gasteiger partial charge < -0.3 is 10.4 Å². The molecule has 2 aromatic rings. The van der Waals surface area contributed by atoms with Crippen LogP contribution in [-0.2, 0) is 4.79 Å². The number of benzene rings is 2. The molecular weight excluding hydrogens is 444 g/mol. The van der Waals surface area contributed by atoms with Gasteiger partial charge in [-0.2, -0.15) is 5.10 Å². The minimum atomic E-state index is -0.859. The fourth-order valence-electron chi connectivity index (χ4n) is 2.35. The molecule has 2 rings (SSSR count). The SMILES string of the molecule is CC(C)[C@H](NC(=O)c1ccc(Br)cc1)C(=O)N/N=C/c1cc([N+](=O)[O-])ccc1O. The third-order valence-corrected chi connectivity index (χ3v) is 4.47. The smallest absolute Gasteiger partial charge is 0.270 e. The van der Waals surface area contributed by atoms with Crippen LogP contribution in [-0.4, -0.2) is 34.1 Å². The fraction of sp³-hybridized carbons (Fsp3) is 0.211. The molecule has 0 aliphatic heterocycles. The van der Waals surface area contributed by atoms with Crippen LogP contribution in [0.2, 0.25) is 0 Å². The maximum absolute atomic E-state index is 12.4. The number of rotatable bonds is 7. The Balaban J connectivity index is 2.07. The minimum Gasteiger partial charge on any atom is -0.507 e. The molecular formula is C19H19BrN4O5. The lowest BCUT2D eigenvalue weighted by molar-refractivity contribution is -0.384. The van der Waals surface area contributed by atoms with Crippen molar-refractivity contribution in [3.8, 4) is 5.75 Å². The van der Waals surface area contributed by atoms with E-state index in [2.05, 4.69) is 31.8 Å². The fourth-order valence-corrected chi connectivity index (χ4v) is 2.62. The summed E-state index contributed by atoms with van der Waals surface area (Å²) in [7, 11) is 0. The Kier molecular flexibility index (Phi) is 7.43. The Labute approximate surface area is 175 Å². The Hall–Kier alpha value is -3.27. The second-order valence-corrected chi connectivity index (χ2v) is 7.35. The van der Waals surface area contributed by atoms with Gasteiger partial charge >= 0.3 is 0 Å². The first-order chi connectivity index (χ1) is 13.7. The number of phenolic OH excluding ortho intramolecular Hbond substituents is 1. The van der Waals surface area contributed by atoms with E-state index in [-0.39, 0.29) is 22.9 Å². The van der Waals surface area contributed by atoms with Crippen molar-refractivity contribution in [3.05, 3.63) is 68.2 Å². The Bertz CT molecular complexity index is 944. The van der Waals surface area contributed by atoms with Crippen molar-refractivity contribution in [2.45, 2.75) is 19.9 Å². The van der Waals surface area contributed by atoms with Crippen molar-refractivity contribution in [1.29, 1.82) is 0 Å². The predicted octanol–water partition coefficient (Wildman–Crippen LogP) is 2.97. The molecule has 29 heavy (non-hydrogen) atoms.